The maximum Gasteiger partial charge on any atom is 0.114 e. The van der Waals surface area contributed by atoms with Gasteiger partial charge in [-0.05, 0) is 0 Å². The fourth-order valence-electron chi connectivity index (χ4n) is 1.70. The van der Waals surface area contributed by atoms with Crippen molar-refractivity contribution in [2.45, 2.75) is 24.4 Å². The van der Waals surface area contributed by atoms with E-state index in [4.69, 9.17) is 19.9 Å². The van der Waals surface area contributed by atoms with E-state index in [1.807, 2.05) is 0 Å². The lowest BCUT2D eigenvalue weighted by Gasteiger charge is -2.13. The van der Waals surface area contributed by atoms with Crippen LogP contribution in [0.1, 0.15) is 0 Å². The standard InChI is InChI=1S/C7H13NO3/c1-9-5-3-11-6-4(8)2-10-7(5)6/h4-7H,2-3,8H2,1H3. The van der Waals surface area contributed by atoms with Crippen molar-refractivity contribution in [2.75, 3.05) is 20.3 Å². The molecule has 2 aliphatic rings. The van der Waals surface area contributed by atoms with Crippen LogP contribution in [0.15, 0.2) is 0 Å². The Kier molecular flexibility index (Phi) is 1.85. The minimum atomic E-state index is 0.0279. The molecule has 0 spiro atoms. The van der Waals surface area contributed by atoms with Crippen LogP contribution in [-0.4, -0.2) is 44.7 Å². The molecule has 0 bridgehead atoms. The molecule has 0 aromatic heterocycles. The predicted molar refractivity (Wildman–Crippen MR) is 38.3 cm³/mol. The van der Waals surface area contributed by atoms with E-state index in [2.05, 4.69) is 0 Å². The maximum absolute atomic E-state index is 5.73. The third kappa shape index (κ3) is 1.06. The van der Waals surface area contributed by atoms with Crippen LogP contribution in [0.2, 0.25) is 0 Å². The highest BCUT2D eigenvalue weighted by molar-refractivity contribution is 4.96. The summed E-state index contributed by atoms with van der Waals surface area (Å²) in [4.78, 5) is 0. The molecular weight excluding hydrogens is 146 g/mol. The number of nitrogens with two attached hydrogens (primary N) is 1. The van der Waals surface area contributed by atoms with Gasteiger partial charge in [-0.3, -0.25) is 0 Å². The van der Waals surface area contributed by atoms with E-state index in [-0.39, 0.29) is 24.4 Å². The van der Waals surface area contributed by atoms with Crippen molar-refractivity contribution in [1.29, 1.82) is 0 Å². The van der Waals surface area contributed by atoms with Crippen LogP contribution in [0.5, 0.6) is 0 Å². The van der Waals surface area contributed by atoms with Crippen LogP contribution >= 0.6 is 0 Å². The topological polar surface area (TPSA) is 53.7 Å². The van der Waals surface area contributed by atoms with Crippen molar-refractivity contribution in [3.05, 3.63) is 0 Å². The summed E-state index contributed by atoms with van der Waals surface area (Å²) in [5.41, 5.74) is 5.73. The van der Waals surface area contributed by atoms with Gasteiger partial charge in [-0.1, -0.05) is 0 Å². The van der Waals surface area contributed by atoms with E-state index >= 15 is 0 Å². The zero-order valence-electron chi connectivity index (χ0n) is 6.53. The first kappa shape index (κ1) is 7.49. The average Bonchev–Trinajstić information content (AvgIpc) is 2.53. The molecule has 0 aromatic carbocycles. The van der Waals surface area contributed by atoms with Crippen LogP contribution in [0, 0.1) is 0 Å². The Morgan fingerprint density at radius 2 is 2.00 bits per heavy atom. The summed E-state index contributed by atoms with van der Waals surface area (Å²) < 4.78 is 16.0. The van der Waals surface area contributed by atoms with E-state index in [0.29, 0.717) is 13.2 Å². The first-order valence-electron chi connectivity index (χ1n) is 3.84. The van der Waals surface area contributed by atoms with Crippen molar-refractivity contribution in [3.8, 4) is 0 Å². The van der Waals surface area contributed by atoms with E-state index in [1.54, 1.807) is 7.11 Å². The monoisotopic (exact) mass is 159 g/mol. The first-order chi connectivity index (χ1) is 5.33. The Morgan fingerprint density at radius 3 is 2.73 bits per heavy atom. The molecule has 0 amide bonds. The molecule has 0 radical (unpaired) electrons. The van der Waals surface area contributed by atoms with Crippen molar-refractivity contribution < 1.29 is 14.2 Å². The van der Waals surface area contributed by atoms with Gasteiger partial charge >= 0.3 is 0 Å². The van der Waals surface area contributed by atoms with Gasteiger partial charge in [0.15, 0.2) is 0 Å². The number of fused-ring (bicyclic) bond motifs is 1. The van der Waals surface area contributed by atoms with Crippen LogP contribution in [0.3, 0.4) is 0 Å². The summed E-state index contributed by atoms with van der Waals surface area (Å²) in [6, 6.07) is 0.0279. The molecule has 4 nitrogen and oxygen atoms in total. The predicted octanol–water partition coefficient (Wildman–Crippen LogP) is -0.874. The number of hydrogen-bond acceptors (Lipinski definition) is 4. The minimum absolute atomic E-state index is 0.0279. The minimum Gasteiger partial charge on any atom is -0.376 e. The van der Waals surface area contributed by atoms with Gasteiger partial charge < -0.3 is 19.9 Å². The molecule has 11 heavy (non-hydrogen) atoms. The Balaban J connectivity index is 2.04. The lowest BCUT2D eigenvalue weighted by Crippen LogP contribution is -2.36. The average molecular weight is 159 g/mol. The molecule has 2 aliphatic heterocycles. The van der Waals surface area contributed by atoms with Crippen LogP contribution in [0.25, 0.3) is 0 Å². The Morgan fingerprint density at radius 1 is 1.27 bits per heavy atom. The van der Waals surface area contributed by atoms with E-state index in [9.17, 15) is 0 Å². The lowest BCUT2D eigenvalue weighted by molar-refractivity contribution is -0.00777. The van der Waals surface area contributed by atoms with Crippen LogP contribution in [0.4, 0.5) is 0 Å². The van der Waals surface area contributed by atoms with Gasteiger partial charge in [0.2, 0.25) is 0 Å². The second-order valence-electron chi connectivity index (χ2n) is 3.03. The molecule has 2 heterocycles. The van der Waals surface area contributed by atoms with E-state index in [0.717, 1.165) is 0 Å². The van der Waals surface area contributed by atoms with Gasteiger partial charge in [0, 0.05) is 7.11 Å². The highest BCUT2D eigenvalue weighted by Gasteiger charge is 2.46. The summed E-state index contributed by atoms with van der Waals surface area (Å²) in [5.74, 6) is 0. The molecule has 4 atom stereocenters. The Labute approximate surface area is 65.6 Å². The van der Waals surface area contributed by atoms with Crippen molar-refractivity contribution in [3.63, 3.8) is 0 Å². The van der Waals surface area contributed by atoms with Gasteiger partial charge in [0.25, 0.3) is 0 Å². The molecule has 2 rings (SSSR count). The molecule has 2 saturated heterocycles. The third-order valence-corrected chi connectivity index (χ3v) is 2.35. The molecule has 0 saturated carbocycles. The lowest BCUT2D eigenvalue weighted by atomic mass is 10.1. The SMILES string of the molecule is COC1COC2C(N)COC12. The van der Waals surface area contributed by atoms with E-state index in [1.165, 1.54) is 0 Å². The Bertz CT molecular complexity index is 153. The summed E-state index contributed by atoms with van der Waals surface area (Å²) in [5, 5.41) is 0. The van der Waals surface area contributed by atoms with Gasteiger partial charge in [-0.2, -0.15) is 0 Å². The molecule has 0 aliphatic carbocycles. The van der Waals surface area contributed by atoms with Gasteiger partial charge in [-0.15, -0.1) is 0 Å². The van der Waals surface area contributed by atoms with Crippen molar-refractivity contribution in [1.82, 2.24) is 0 Å². The highest BCUT2D eigenvalue weighted by Crippen LogP contribution is 2.27. The number of methoxy groups -OCH3 is 1. The third-order valence-electron chi connectivity index (χ3n) is 2.35. The van der Waals surface area contributed by atoms with E-state index < -0.39 is 0 Å². The summed E-state index contributed by atoms with van der Waals surface area (Å²) in [6.07, 6.45) is 0.198. The molecule has 2 N–H and O–H groups in total. The van der Waals surface area contributed by atoms with Crippen LogP contribution < -0.4 is 5.73 Å². The molecule has 64 valence electrons. The quantitative estimate of drug-likeness (QED) is 0.540. The van der Waals surface area contributed by atoms with Gasteiger partial charge in [0.1, 0.15) is 18.3 Å². The summed E-state index contributed by atoms with van der Waals surface area (Å²) >= 11 is 0. The zero-order valence-corrected chi connectivity index (χ0v) is 6.53. The summed E-state index contributed by atoms with van der Waals surface area (Å²) in [6.45, 7) is 1.20. The Hall–Kier alpha value is -0.160. The highest BCUT2D eigenvalue weighted by atomic mass is 16.6. The molecular formula is C7H13NO3. The fraction of sp³-hybridized carbons (Fsp3) is 1.00. The number of hydrogen-bond donors (Lipinski definition) is 1. The second-order valence-corrected chi connectivity index (χ2v) is 3.03. The molecule has 4 unspecified atom stereocenters. The molecule has 4 heteroatoms. The second kappa shape index (κ2) is 2.71. The zero-order chi connectivity index (χ0) is 7.84. The van der Waals surface area contributed by atoms with Gasteiger partial charge in [0.05, 0.1) is 19.3 Å². The smallest absolute Gasteiger partial charge is 0.114 e. The largest absolute Gasteiger partial charge is 0.376 e. The molecule has 0 aromatic rings. The normalized spacial score (nSPS) is 49.6. The van der Waals surface area contributed by atoms with Crippen molar-refractivity contribution >= 4 is 0 Å². The van der Waals surface area contributed by atoms with Crippen LogP contribution in [-0.2, 0) is 14.2 Å². The number of ether oxygens (including phenoxy) is 3. The maximum atomic E-state index is 5.73. The summed E-state index contributed by atoms with van der Waals surface area (Å²) in [7, 11) is 1.67. The van der Waals surface area contributed by atoms with Gasteiger partial charge in [-0.25, -0.2) is 0 Å². The number of rotatable bonds is 1. The fourth-order valence-corrected chi connectivity index (χ4v) is 1.70. The first-order valence-corrected chi connectivity index (χ1v) is 3.84. The van der Waals surface area contributed by atoms with Crippen molar-refractivity contribution in [2.24, 2.45) is 5.73 Å². The molecule has 2 fully saturated rings.